The summed E-state index contributed by atoms with van der Waals surface area (Å²) < 4.78 is 0. The number of carbonyl (C=O) groups is 8. The predicted octanol–water partition coefficient (Wildman–Crippen LogP) is -3.72. The lowest BCUT2D eigenvalue weighted by Crippen LogP contribution is -2.60. The maximum Gasteiger partial charge on any atom is 0.326 e. The highest BCUT2D eigenvalue weighted by Gasteiger charge is 2.33. The average Bonchev–Trinajstić information content (AvgIpc) is 3.59. The molecule has 0 aliphatic carbocycles. The Morgan fingerprint density at radius 1 is 0.745 bits per heavy atom. The van der Waals surface area contributed by atoms with E-state index in [1.54, 1.807) is 13.8 Å². The minimum Gasteiger partial charge on any atom is -0.481 e. The molecule has 0 aromatic heterocycles. The predicted molar refractivity (Wildman–Crippen MR) is 178 cm³/mol. The van der Waals surface area contributed by atoms with E-state index >= 15 is 0 Å². The molecule has 51 heavy (non-hydrogen) atoms. The summed E-state index contributed by atoms with van der Waals surface area (Å²) in [6.45, 7) is 3.39. The first-order valence-electron chi connectivity index (χ1n) is 16.5. The molecule has 1 aliphatic heterocycles. The second-order valence-corrected chi connectivity index (χ2v) is 12.5. The Kier molecular flexibility index (Phi) is 19.5. The van der Waals surface area contributed by atoms with Crippen LogP contribution in [-0.2, 0) is 38.4 Å². The van der Waals surface area contributed by atoms with Gasteiger partial charge < -0.3 is 63.4 Å². The number of hydrogen-bond donors (Lipinski definition) is 13. The van der Waals surface area contributed by atoms with Gasteiger partial charge in [-0.3, -0.25) is 39.0 Å². The summed E-state index contributed by atoms with van der Waals surface area (Å²) in [5.41, 5.74) is 5.31. The van der Waals surface area contributed by atoms with Crippen LogP contribution in [0, 0.1) is 11.3 Å². The van der Waals surface area contributed by atoms with Gasteiger partial charge in [-0.25, -0.2) is 4.79 Å². The van der Waals surface area contributed by atoms with Gasteiger partial charge in [-0.15, -0.1) is 0 Å². The van der Waals surface area contributed by atoms with Gasteiger partial charge in [-0.2, -0.15) is 0 Å². The van der Waals surface area contributed by atoms with Crippen molar-refractivity contribution in [3.8, 4) is 0 Å². The maximum atomic E-state index is 13.6. The van der Waals surface area contributed by atoms with E-state index in [2.05, 4.69) is 37.2 Å². The first-order valence-corrected chi connectivity index (χ1v) is 16.5. The normalized spacial score (nSPS) is 16.7. The van der Waals surface area contributed by atoms with Crippen LogP contribution in [0.25, 0.3) is 0 Å². The number of aliphatic hydroxyl groups is 1. The number of carboxylic acids is 3. The van der Waals surface area contributed by atoms with Gasteiger partial charge in [0.05, 0.1) is 12.6 Å². The number of guanidine groups is 1. The molecule has 0 radical (unpaired) electrons. The molecule has 5 amide bonds. The molecule has 21 nitrogen and oxygen atoms in total. The van der Waals surface area contributed by atoms with E-state index in [-0.39, 0.29) is 37.7 Å². The van der Waals surface area contributed by atoms with Gasteiger partial charge in [0.2, 0.25) is 29.5 Å². The molecule has 6 atom stereocenters. The summed E-state index contributed by atoms with van der Waals surface area (Å²) >= 11 is 0. The SMILES string of the molecule is CC(C)C[C@H](NC(=O)[C@H](CCCNC(=N)N)NC(=O)[C@H](CO)NC(=O)[C@@H]1CCCN1)C(=O)N[C@@H](CCC(=O)O)C(=O)N[C@@H](CCC(=O)O)C(=O)O. The molecule has 1 heterocycles. The Morgan fingerprint density at radius 2 is 1.24 bits per heavy atom. The average molecular weight is 730 g/mol. The number of nitrogens with two attached hydrogens (primary N) is 1. The van der Waals surface area contributed by atoms with Gasteiger partial charge in [-0.1, -0.05) is 13.8 Å². The van der Waals surface area contributed by atoms with Crippen molar-refractivity contribution in [3.05, 3.63) is 0 Å². The number of amides is 5. The summed E-state index contributed by atoms with van der Waals surface area (Å²) in [4.78, 5) is 99.7. The third kappa shape index (κ3) is 17.4. The molecule has 1 aliphatic rings. The van der Waals surface area contributed by atoms with Gasteiger partial charge >= 0.3 is 17.9 Å². The van der Waals surface area contributed by atoms with E-state index in [9.17, 15) is 53.7 Å². The third-order valence-corrected chi connectivity index (χ3v) is 7.69. The van der Waals surface area contributed by atoms with Crippen molar-refractivity contribution in [1.82, 2.24) is 37.2 Å². The van der Waals surface area contributed by atoms with Crippen LogP contribution >= 0.6 is 0 Å². The highest BCUT2D eigenvalue weighted by molar-refractivity contribution is 5.96. The summed E-state index contributed by atoms with van der Waals surface area (Å²) in [5.74, 6) is -9.07. The number of aliphatic hydroxyl groups excluding tert-OH is 1. The minimum absolute atomic E-state index is 0.00251. The van der Waals surface area contributed by atoms with Crippen LogP contribution < -0.4 is 43.0 Å². The van der Waals surface area contributed by atoms with E-state index in [0.29, 0.717) is 13.0 Å². The van der Waals surface area contributed by atoms with Crippen molar-refractivity contribution in [2.75, 3.05) is 19.7 Å². The molecule has 1 saturated heterocycles. The van der Waals surface area contributed by atoms with E-state index in [1.165, 1.54) is 0 Å². The van der Waals surface area contributed by atoms with E-state index in [0.717, 1.165) is 6.42 Å². The highest BCUT2D eigenvalue weighted by Crippen LogP contribution is 2.10. The van der Waals surface area contributed by atoms with Crippen LogP contribution in [0.3, 0.4) is 0 Å². The Hall–Kier alpha value is -5.05. The van der Waals surface area contributed by atoms with Crippen molar-refractivity contribution < 1.29 is 58.8 Å². The number of carboxylic acid groups (broad SMARTS) is 3. The molecule has 288 valence electrons. The standard InChI is InChI=1S/C30H51N9O12/c1-15(2)13-20(27(48)36-18(7-9-22(41)42)26(47)37-19(29(50)51)8-10-23(43)44)38-25(46)17(6-4-12-34-30(31)32)35-28(49)21(14-40)39-24(45)16-5-3-11-33-16/h15-21,33,40H,3-14H2,1-2H3,(H,35,49)(H,36,48)(H,37,47)(H,38,46)(H,39,45)(H,41,42)(H,43,44)(H,50,51)(H4,31,32,34)/t16-,17-,18-,19-,20-,21-/m0/s1. The zero-order chi connectivity index (χ0) is 38.7. The number of hydrogen-bond acceptors (Lipinski definition) is 11. The van der Waals surface area contributed by atoms with Crippen molar-refractivity contribution in [2.24, 2.45) is 11.7 Å². The second kappa shape index (κ2) is 22.6. The quantitative estimate of drug-likeness (QED) is 0.0258. The Labute approximate surface area is 294 Å². The molecule has 0 aromatic rings. The van der Waals surface area contributed by atoms with Gasteiger partial charge in [-0.05, 0) is 57.4 Å². The molecule has 0 unspecified atom stereocenters. The van der Waals surface area contributed by atoms with Crippen LogP contribution in [0.4, 0.5) is 0 Å². The molecule has 0 bridgehead atoms. The molecular formula is C30H51N9O12. The second-order valence-electron chi connectivity index (χ2n) is 12.5. The first-order chi connectivity index (χ1) is 23.9. The van der Waals surface area contributed by atoms with Crippen LogP contribution in [-0.4, -0.2) is 130 Å². The van der Waals surface area contributed by atoms with Gasteiger partial charge in [0.1, 0.15) is 30.2 Å². The van der Waals surface area contributed by atoms with Crippen LogP contribution in [0.15, 0.2) is 0 Å². The maximum absolute atomic E-state index is 13.6. The monoisotopic (exact) mass is 729 g/mol. The van der Waals surface area contributed by atoms with Gasteiger partial charge in [0.25, 0.3) is 0 Å². The molecule has 0 saturated carbocycles. The van der Waals surface area contributed by atoms with Crippen molar-refractivity contribution in [3.63, 3.8) is 0 Å². The molecule has 0 spiro atoms. The van der Waals surface area contributed by atoms with Crippen molar-refractivity contribution in [1.29, 1.82) is 5.41 Å². The van der Waals surface area contributed by atoms with Crippen LogP contribution in [0.1, 0.15) is 71.6 Å². The lowest BCUT2D eigenvalue weighted by molar-refractivity contribution is -0.144. The molecule has 0 aromatic carbocycles. The molecule has 21 heteroatoms. The summed E-state index contributed by atoms with van der Waals surface area (Å²) in [6, 6.07) is -7.91. The summed E-state index contributed by atoms with van der Waals surface area (Å²) in [7, 11) is 0. The van der Waals surface area contributed by atoms with Gasteiger partial charge in [0.15, 0.2) is 5.96 Å². The fourth-order valence-corrected chi connectivity index (χ4v) is 5.03. The fraction of sp³-hybridized carbons (Fsp3) is 0.700. The van der Waals surface area contributed by atoms with Gasteiger partial charge in [0, 0.05) is 19.4 Å². The lowest BCUT2D eigenvalue weighted by atomic mass is 10.0. The summed E-state index contributed by atoms with van der Waals surface area (Å²) in [6.07, 6.45) is -0.781. The smallest absolute Gasteiger partial charge is 0.326 e. The highest BCUT2D eigenvalue weighted by atomic mass is 16.4. The molecule has 1 fully saturated rings. The van der Waals surface area contributed by atoms with Crippen LogP contribution in [0.5, 0.6) is 0 Å². The fourth-order valence-electron chi connectivity index (χ4n) is 5.03. The Morgan fingerprint density at radius 3 is 1.71 bits per heavy atom. The zero-order valence-electron chi connectivity index (χ0n) is 28.7. The topological polar surface area (TPSA) is 352 Å². The number of aliphatic carboxylic acids is 3. The zero-order valence-corrected chi connectivity index (χ0v) is 28.7. The molecular weight excluding hydrogens is 678 g/mol. The van der Waals surface area contributed by atoms with Crippen molar-refractivity contribution in [2.45, 2.75) is 108 Å². The number of rotatable bonds is 24. The van der Waals surface area contributed by atoms with E-state index in [1.807, 2.05) is 0 Å². The molecule has 1 rings (SSSR count). The largest absolute Gasteiger partial charge is 0.481 e. The minimum atomic E-state index is -1.66. The van der Waals surface area contributed by atoms with E-state index < -0.39 is 116 Å². The Bertz CT molecular complexity index is 1260. The molecule has 14 N–H and O–H groups in total. The number of nitrogens with one attached hydrogen (secondary N) is 8. The van der Waals surface area contributed by atoms with E-state index in [4.69, 9.17) is 16.2 Å². The van der Waals surface area contributed by atoms with Crippen LogP contribution in [0.2, 0.25) is 0 Å². The summed E-state index contributed by atoms with van der Waals surface area (Å²) in [5, 5.41) is 62.2. The first kappa shape index (κ1) is 44.0. The lowest BCUT2D eigenvalue weighted by Gasteiger charge is -2.27. The number of carbonyl (C=O) groups excluding carboxylic acids is 5. The van der Waals surface area contributed by atoms with Crippen molar-refractivity contribution >= 4 is 53.4 Å². The Balaban J connectivity index is 3.21. The third-order valence-electron chi connectivity index (χ3n) is 7.69.